The van der Waals surface area contributed by atoms with Crippen LogP contribution in [0.5, 0.6) is 5.75 Å². The van der Waals surface area contributed by atoms with Crippen molar-refractivity contribution in [2.45, 2.75) is 13.5 Å². The molecule has 2 aromatic carbocycles. The van der Waals surface area contributed by atoms with E-state index in [1.807, 2.05) is 72.4 Å². The lowest BCUT2D eigenvalue weighted by Crippen LogP contribution is -2.32. The van der Waals surface area contributed by atoms with Crippen LogP contribution < -0.4 is 15.4 Å². The van der Waals surface area contributed by atoms with Crippen LogP contribution in [0.1, 0.15) is 11.1 Å². The van der Waals surface area contributed by atoms with Crippen molar-refractivity contribution in [1.82, 2.24) is 15.1 Å². The monoisotopic (exact) mass is 350 g/mol. The molecule has 0 saturated heterocycles. The van der Waals surface area contributed by atoms with Gasteiger partial charge in [-0.25, -0.2) is 4.79 Å². The third-order valence-corrected chi connectivity index (χ3v) is 3.76. The van der Waals surface area contributed by atoms with Gasteiger partial charge >= 0.3 is 6.03 Å². The molecular weight excluding hydrogens is 328 g/mol. The van der Waals surface area contributed by atoms with Crippen molar-refractivity contribution in [3.05, 3.63) is 78.1 Å². The van der Waals surface area contributed by atoms with Crippen LogP contribution in [0.2, 0.25) is 0 Å². The summed E-state index contributed by atoms with van der Waals surface area (Å²) in [5.41, 5.74) is 3.00. The van der Waals surface area contributed by atoms with Crippen molar-refractivity contribution in [3.8, 4) is 5.75 Å². The zero-order chi connectivity index (χ0) is 18.2. The fourth-order valence-electron chi connectivity index (χ4n) is 2.49. The Labute approximate surface area is 152 Å². The number of nitrogens with zero attached hydrogens (tertiary/aromatic N) is 2. The Morgan fingerprint density at radius 1 is 1.15 bits per heavy atom. The Balaban J connectivity index is 1.39. The second kappa shape index (κ2) is 8.71. The maximum absolute atomic E-state index is 11.9. The first kappa shape index (κ1) is 17.5. The predicted octanol–water partition coefficient (Wildman–Crippen LogP) is 3.44. The molecule has 1 heterocycles. The number of carbonyl (C=O) groups excluding carboxylic acids is 1. The average Bonchev–Trinajstić information content (AvgIpc) is 3.14. The highest BCUT2D eigenvalue weighted by Crippen LogP contribution is 2.12. The van der Waals surface area contributed by atoms with Crippen LogP contribution in [-0.4, -0.2) is 29.0 Å². The minimum absolute atomic E-state index is 0.252. The maximum Gasteiger partial charge on any atom is 0.319 e. The Bertz CT molecular complexity index is 829. The number of nitrogens with one attached hydrogen (secondary N) is 2. The lowest BCUT2D eigenvalue weighted by molar-refractivity contribution is 0.247. The van der Waals surface area contributed by atoms with Crippen LogP contribution in [0, 0.1) is 6.92 Å². The molecule has 0 fully saturated rings. The quantitative estimate of drug-likeness (QED) is 0.642. The van der Waals surface area contributed by atoms with Gasteiger partial charge in [0.25, 0.3) is 0 Å². The fourth-order valence-corrected chi connectivity index (χ4v) is 2.49. The third-order valence-electron chi connectivity index (χ3n) is 3.76. The smallest absolute Gasteiger partial charge is 0.319 e. The summed E-state index contributed by atoms with van der Waals surface area (Å²) in [5, 5.41) is 9.76. The molecule has 0 aliphatic carbocycles. The molecule has 0 radical (unpaired) electrons. The Morgan fingerprint density at radius 3 is 2.73 bits per heavy atom. The van der Waals surface area contributed by atoms with Gasteiger partial charge in [-0.3, -0.25) is 4.68 Å². The van der Waals surface area contributed by atoms with E-state index in [-0.39, 0.29) is 6.03 Å². The van der Waals surface area contributed by atoms with Crippen LogP contribution in [0.15, 0.2) is 67.0 Å². The second-order valence-corrected chi connectivity index (χ2v) is 5.95. The van der Waals surface area contributed by atoms with E-state index in [0.717, 1.165) is 22.6 Å². The molecule has 1 aromatic heterocycles. The SMILES string of the molecule is Cc1cccc(OCCNC(=O)Nc2ccc(Cn3cccn3)cc2)c1. The highest BCUT2D eigenvalue weighted by atomic mass is 16.5. The van der Waals surface area contributed by atoms with Crippen molar-refractivity contribution >= 4 is 11.7 Å². The minimum Gasteiger partial charge on any atom is -0.492 e. The first-order valence-electron chi connectivity index (χ1n) is 8.50. The Hall–Kier alpha value is -3.28. The van der Waals surface area contributed by atoms with Gasteiger partial charge < -0.3 is 15.4 Å². The number of carbonyl (C=O) groups is 1. The molecule has 6 nitrogen and oxygen atoms in total. The van der Waals surface area contributed by atoms with Crippen molar-refractivity contribution in [1.29, 1.82) is 0 Å². The molecule has 0 atom stereocenters. The van der Waals surface area contributed by atoms with Gasteiger partial charge in [-0.2, -0.15) is 5.10 Å². The normalized spacial score (nSPS) is 10.3. The summed E-state index contributed by atoms with van der Waals surface area (Å²) in [5.74, 6) is 0.806. The van der Waals surface area contributed by atoms with Gasteiger partial charge in [-0.15, -0.1) is 0 Å². The van der Waals surface area contributed by atoms with E-state index in [1.165, 1.54) is 0 Å². The van der Waals surface area contributed by atoms with Crippen molar-refractivity contribution in [3.63, 3.8) is 0 Å². The van der Waals surface area contributed by atoms with E-state index in [4.69, 9.17) is 4.74 Å². The largest absolute Gasteiger partial charge is 0.492 e. The third kappa shape index (κ3) is 5.37. The Kier molecular flexibility index (Phi) is 5.88. The number of ether oxygens (including phenoxy) is 1. The van der Waals surface area contributed by atoms with Crippen molar-refractivity contribution in [2.75, 3.05) is 18.5 Å². The molecule has 2 N–H and O–H groups in total. The van der Waals surface area contributed by atoms with E-state index in [0.29, 0.717) is 19.7 Å². The molecule has 134 valence electrons. The highest BCUT2D eigenvalue weighted by molar-refractivity contribution is 5.89. The molecule has 6 heteroatoms. The van der Waals surface area contributed by atoms with Crippen LogP contribution in [0.4, 0.5) is 10.5 Å². The van der Waals surface area contributed by atoms with Gasteiger partial charge in [-0.05, 0) is 48.4 Å². The molecule has 26 heavy (non-hydrogen) atoms. The van der Waals surface area contributed by atoms with Crippen LogP contribution >= 0.6 is 0 Å². The van der Waals surface area contributed by atoms with Gasteiger partial charge in [0.1, 0.15) is 12.4 Å². The second-order valence-electron chi connectivity index (χ2n) is 5.95. The molecule has 3 rings (SSSR count). The number of benzene rings is 2. The fraction of sp³-hybridized carbons (Fsp3) is 0.200. The number of hydrogen-bond acceptors (Lipinski definition) is 3. The molecular formula is C20H22N4O2. The van der Waals surface area contributed by atoms with E-state index in [9.17, 15) is 4.79 Å². The van der Waals surface area contributed by atoms with Crippen LogP contribution in [-0.2, 0) is 6.54 Å². The predicted molar refractivity (Wildman–Crippen MR) is 101 cm³/mol. The highest BCUT2D eigenvalue weighted by Gasteiger charge is 2.02. The lowest BCUT2D eigenvalue weighted by Gasteiger charge is -2.10. The van der Waals surface area contributed by atoms with E-state index < -0.39 is 0 Å². The number of aromatic nitrogens is 2. The standard InChI is InChI=1S/C20H22N4O2/c1-16-4-2-5-19(14-16)26-13-11-21-20(25)23-18-8-6-17(7-9-18)15-24-12-3-10-22-24/h2-10,12,14H,11,13,15H2,1H3,(H2,21,23,25). The average molecular weight is 350 g/mol. The molecule has 0 aliphatic heterocycles. The summed E-state index contributed by atoms with van der Waals surface area (Å²) >= 11 is 0. The number of amides is 2. The van der Waals surface area contributed by atoms with Gasteiger partial charge in [-0.1, -0.05) is 24.3 Å². The summed E-state index contributed by atoms with van der Waals surface area (Å²) < 4.78 is 7.45. The van der Waals surface area contributed by atoms with Crippen molar-refractivity contribution < 1.29 is 9.53 Å². The van der Waals surface area contributed by atoms with Gasteiger partial charge in [0, 0.05) is 18.1 Å². The summed E-state index contributed by atoms with van der Waals surface area (Å²) in [6.07, 6.45) is 3.67. The zero-order valence-corrected chi connectivity index (χ0v) is 14.7. The number of rotatable bonds is 7. The van der Waals surface area contributed by atoms with Gasteiger partial charge in [0.05, 0.1) is 13.1 Å². The number of urea groups is 1. The van der Waals surface area contributed by atoms with Gasteiger partial charge in [0.15, 0.2) is 0 Å². The van der Waals surface area contributed by atoms with Crippen LogP contribution in [0.3, 0.4) is 0 Å². The summed E-state index contributed by atoms with van der Waals surface area (Å²) in [7, 11) is 0. The molecule has 3 aromatic rings. The molecule has 0 aliphatic rings. The molecule has 0 saturated carbocycles. The molecule has 0 unspecified atom stereocenters. The van der Waals surface area contributed by atoms with Gasteiger partial charge in [0.2, 0.25) is 0 Å². The first-order chi connectivity index (χ1) is 12.7. The van der Waals surface area contributed by atoms with Crippen molar-refractivity contribution in [2.24, 2.45) is 0 Å². The van der Waals surface area contributed by atoms with E-state index >= 15 is 0 Å². The summed E-state index contributed by atoms with van der Waals surface area (Å²) in [4.78, 5) is 11.9. The zero-order valence-electron chi connectivity index (χ0n) is 14.7. The number of anilines is 1. The maximum atomic E-state index is 11.9. The molecule has 0 bridgehead atoms. The number of aryl methyl sites for hydroxylation is 1. The number of hydrogen-bond donors (Lipinski definition) is 2. The molecule has 2 amide bonds. The Morgan fingerprint density at radius 2 is 2.00 bits per heavy atom. The molecule has 0 spiro atoms. The first-order valence-corrected chi connectivity index (χ1v) is 8.50. The summed E-state index contributed by atoms with van der Waals surface area (Å²) in [6.45, 7) is 3.56. The minimum atomic E-state index is -0.252. The van der Waals surface area contributed by atoms with Crippen LogP contribution in [0.25, 0.3) is 0 Å². The summed E-state index contributed by atoms with van der Waals surface area (Å²) in [6, 6.07) is 17.2. The van der Waals surface area contributed by atoms with E-state index in [1.54, 1.807) is 6.20 Å². The van der Waals surface area contributed by atoms with E-state index in [2.05, 4.69) is 15.7 Å². The lowest BCUT2D eigenvalue weighted by atomic mass is 10.2. The topological polar surface area (TPSA) is 68.2 Å².